The molecule has 0 saturated heterocycles. The highest BCUT2D eigenvalue weighted by Gasteiger charge is 2.16. The van der Waals surface area contributed by atoms with E-state index >= 15 is 0 Å². The lowest BCUT2D eigenvalue weighted by atomic mass is 9.98. The largest absolute Gasteiger partial charge is 0.474 e. The van der Waals surface area contributed by atoms with Crippen LogP contribution in [0.2, 0.25) is 5.15 Å². The number of halogens is 1. The lowest BCUT2D eigenvalue weighted by Crippen LogP contribution is -2.20. The fraction of sp³-hybridized carbons (Fsp3) is 0.667. The van der Waals surface area contributed by atoms with Gasteiger partial charge in [0.05, 0.1) is 0 Å². The normalized spacial score (nSPS) is 17.4. The fourth-order valence-corrected chi connectivity index (χ4v) is 2.21. The van der Waals surface area contributed by atoms with Gasteiger partial charge in [-0.25, -0.2) is 4.98 Å². The maximum absolute atomic E-state index is 5.92. The molecule has 88 valence electrons. The maximum atomic E-state index is 5.92. The third-order valence-corrected chi connectivity index (χ3v) is 3.07. The van der Waals surface area contributed by atoms with E-state index < -0.39 is 0 Å². The van der Waals surface area contributed by atoms with E-state index in [1.165, 1.54) is 19.3 Å². The van der Waals surface area contributed by atoms with Crippen molar-refractivity contribution in [2.45, 2.75) is 51.6 Å². The first-order chi connectivity index (χ1) is 7.78. The fourth-order valence-electron chi connectivity index (χ4n) is 2.01. The first-order valence-corrected chi connectivity index (χ1v) is 6.36. The summed E-state index contributed by atoms with van der Waals surface area (Å²) >= 11 is 5.92. The maximum Gasteiger partial charge on any atom is 0.218 e. The standard InChI is InChI=1S/C12H17ClN2O/c1-2-11-14-10(13)8-12(15-11)16-9-6-4-3-5-7-9/h8-9H,2-7H2,1H3. The number of aryl methyl sites for hydroxylation is 1. The number of nitrogens with zero attached hydrogens (tertiary/aromatic N) is 2. The summed E-state index contributed by atoms with van der Waals surface area (Å²) in [6, 6.07) is 1.70. The topological polar surface area (TPSA) is 35.0 Å². The van der Waals surface area contributed by atoms with Crippen molar-refractivity contribution in [2.24, 2.45) is 0 Å². The Hall–Kier alpha value is -0.830. The van der Waals surface area contributed by atoms with Crippen molar-refractivity contribution >= 4 is 11.6 Å². The van der Waals surface area contributed by atoms with Crippen molar-refractivity contribution in [3.8, 4) is 5.88 Å². The minimum atomic E-state index is 0.310. The predicted molar refractivity (Wildman–Crippen MR) is 63.9 cm³/mol. The Kier molecular flexibility index (Phi) is 3.99. The molecular weight excluding hydrogens is 224 g/mol. The second-order valence-electron chi connectivity index (χ2n) is 4.18. The van der Waals surface area contributed by atoms with Crippen molar-refractivity contribution < 1.29 is 4.74 Å². The van der Waals surface area contributed by atoms with Gasteiger partial charge < -0.3 is 4.74 Å². The van der Waals surface area contributed by atoms with Crippen LogP contribution in [0, 0.1) is 0 Å². The first-order valence-electron chi connectivity index (χ1n) is 5.98. The molecule has 0 spiro atoms. The quantitative estimate of drug-likeness (QED) is 0.760. The van der Waals surface area contributed by atoms with Crippen LogP contribution in [0.5, 0.6) is 5.88 Å². The molecule has 1 aromatic heterocycles. The van der Waals surface area contributed by atoms with Crippen LogP contribution in [0.25, 0.3) is 0 Å². The van der Waals surface area contributed by atoms with Gasteiger partial charge in [-0.3, -0.25) is 0 Å². The smallest absolute Gasteiger partial charge is 0.218 e. The molecule has 0 unspecified atom stereocenters. The van der Waals surface area contributed by atoms with Crippen LogP contribution in [0.1, 0.15) is 44.9 Å². The Labute approximate surface area is 101 Å². The Morgan fingerprint density at radius 2 is 2.06 bits per heavy atom. The molecule has 16 heavy (non-hydrogen) atoms. The molecule has 0 amide bonds. The molecule has 0 aromatic carbocycles. The van der Waals surface area contributed by atoms with Gasteiger partial charge in [-0.1, -0.05) is 24.9 Å². The SMILES string of the molecule is CCc1nc(Cl)cc(OC2CCCCC2)n1. The van der Waals surface area contributed by atoms with Gasteiger partial charge in [0.25, 0.3) is 0 Å². The molecular formula is C12H17ClN2O. The Morgan fingerprint density at radius 3 is 2.75 bits per heavy atom. The molecule has 0 bridgehead atoms. The predicted octanol–water partition coefficient (Wildman–Crippen LogP) is 3.40. The molecule has 1 aromatic rings. The van der Waals surface area contributed by atoms with Crippen molar-refractivity contribution in [1.29, 1.82) is 0 Å². The summed E-state index contributed by atoms with van der Waals surface area (Å²) in [5.41, 5.74) is 0. The molecule has 1 saturated carbocycles. The zero-order chi connectivity index (χ0) is 11.4. The van der Waals surface area contributed by atoms with E-state index in [1.54, 1.807) is 6.07 Å². The van der Waals surface area contributed by atoms with Crippen LogP contribution in [0.15, 0.2) is 6.07 Å². The number of ether oxygens (including phenoxy) is 1. The number of hydrogen-bond acceptors (Lipinski definition) is 3. The van der Waals surface area contributed by atoms with Gasteiger partial charge in [0.15, 0.2) is 0 Å². The Bertz CT molecular complexity index is 351. The van der Waals surface area contributed by atoms with Crippen LogP contribution in [-0.4, -0.2) is 16.1 Å². The van der Waals surface area contributed by atoms with E-state index in [2.05, 4.69) is 9.97 Å². The summed E-state index contributed by atoms with van der Waals surface area (Å²) in [4.78, 5) is 8.45. The Morgan fingerprint density at radius 1 is 1.31 bits per heavy atom. The van der Waals surface area contributed by atoms with Gasteiger partial charge in [-0.2, -0.15) is 4.98 Å². The summed E-state index contributed by atoms with van der Waals surface area (Å²) < 4.78 is 5.84. The summed E-state index contributed by atoms with van der Waals surface area (Å²) in [6.45, 7) is 2.01. The number of aromatic nitrogens is 2. The van der Waals surface area contributed by atoms with Gasteiger partial charge in [0, 0.05) is 12.5 Å². The highest BCUT2D eigenvalue weighted by atomic mass is 35.5. The van der Waals surface area contributed by atoms with Gasteiger partial charge in [0.1, 0.15) is 17.1 Å². The summed E-state index contributed by atoms with van der Waals surface area (Å²) in [7, 11) is 0. The van der Waals surface area contributed by atoms with E-state index in [0.29, 0.717) is 17.1 Å². The van der Waals surface area contributed by atoms with Crippen molar-refractivity contribution in [3.05, 3.63) is 17.0 Å². The van der Waals surface area contributed by atoms with Crippen molar-refractivity contribution in [3.63, 3.8) is 0 Å². The third kappa shape index (κ3) is 3.08. The van der Waals surface area contributed by atoms with Gasteiger partial charge in [-0.15, -0.1) is 0 Å². The molecule has 1 aliphatic rings. The second kappa shape index (κ2) is 5.48. The average molecular weight is 241 g/mol. The van der Waals surface area contributed by atoms with Crippen LogP contribution in [-0.2, 0) is 6.42 Å². The van der Waals surface area contributed by atoms with E-state index in [9.17, 15) is 0 Å². The van der Waals surface area contributed by atoms with Crippen LogP contribution in [0.4, 0.5) is 0 Å². The molecule has 1 heterocycles. The van der Waals surface area contributed by atoms with Crippen molar-refractivity contribution in [2.75, 3.05) is 0 Å². The minimum Gasteiger partial charge on any atom is -0.474 e. The van der Waals surface area contributed by atoms with Gasteiger partial charge in [-0.05, 0) is 25.7 Å². The van der Waals surface area contributed by atoms with Gasteiger partial charge >= 0.3 is 0 Å². The monoisotopic (exact) mass is 240 g/mol. The lowest BCUT2D eigenvalue weighted by Gasteiger charge is -2.22. The molecule has 3 nitrogen and oxygen atoms in total. The highest BCUT2D eigenvalue weighted by molar-refractivity contribution is 6.29. The number of rotatable bonds is 3. The lowest BCUT2D eigenvalue weighted by molar-refractivity contribution is 0.148. The van der Waals surface area contributed by atoms with Crippen LogP contribution in [0.3, 0.4) is 0 Å². The van der Waals surface area contributed by atoms with E-state index in [1.807, 2.05) is 6.92 Å². The van der Waals surface area contributed by atoms with E-state index in [4.69, 9.17) is 16.3 Å². The zero-order valence-electron chi connectivity index (χ0n) is 9.58. The summed E-state index contributed by atoms with van der Waals surface area (Å²) in [5, 5.41) is 0.470. The summed E-state index contributed by atoms with van der Waals surface area (Å²) in [5.74, 6) is 1.38. The molecule has 0 atom stereocenters. The molecule has 4 heteroatoms. The van der Waals surface area contributed by atoms with Gasteiger partial charge in [0.2, 0.25) is 5.88 Å². The Balaban J connectivity index is 2.04. The average Bonchev–Trinajstić information content (AvgIpc) is 2.29. The summed E-state index contributed by atoms with van der Waals surface area (Å²) in [6.07, 6.45) is 7.18. The minimum absolute atomic E-state index is 0.310. The second-order valence-corrected chi connectivity index (χ2v) is 4.56. The van der Waals surface area contributed by atoms with Crippen molar-refractivity contribution in [1.82, 2.24) is 9.97 Å². The number of hydrogen-bond donors (Lipinski definition) is 0. The third-order valence-electron chi connectivity index (χ3n) is 2.87. The molecule has 2 rings (SSSR count). The molecule has 1 fully saturated rings. The molecule has 1 aliphatic carbocycles. The zero-order valence-corrected chi connectivity index (χ0v) is 10.3. The highest BCUT2D eigenvalue weighted by Crippen LogP contribution is 2.23. The molecule has 0 aliphatic heterocycles. The molecule has 0 N–H and O–H groups in total. The van der Waals surface area contributed by atoms with Crippen LogP contribution < -0.4 is 4.74 Å². The molecule has 0 radical (unpaired) electrons. The van der Waals surface area contributed by atoms with E-state index in [0.717, 1.165) is 25.1 Å². The van der Waals surface area contributed by atoms with E-state index in [-0.39, 0.29) is 0 Å². The first kappa shape index (κ1) is 11.6. The van der Waals surface area contributed by atoms with Crippen LogP contribution >= 0.6 is 11.6 Å².